The zero-order chi connectivity index (χ0) is 12.1. The zero-order valence-electron chi connectivity index (χ0n) is 9.71. The van der Waals surface area contributed by atoms with E-state index < -0.39 is 5.60 Å². The quantitative estimate of drug-likeness (QED) is 0.388. The fourth-order valence-electron chi connectivity index (χ4n) is 4.84. The topological polar surface area (TPSA) is 85.4 Å². The summed E-state index contributed by atoms with van der Waals surface area (Å²) in [5.74, 6) is 1.04. The summed E-state index contributed by atoms with van der Waals surface area (Å²) in [4.78, 5) is 0. The maximum Gasteiger partial charge on any atom is 0.107 e. The van der Waals surface area contributed by atoms with Crippen molar-refractivity contribution in [1.82, 2.24) is 0 Å². The van der Waals surface area contributed by atoms with Gasteiger partial charge >= 0.3 is 0 Å². The lowest BCUT2D eigenvalue weighted by atomic mass is 9.47. The van der Waals surface area contributed by atoms with Crippen LogP contribution in [0.15, 0.2) is 10.3 Å². The van der Waals surface area contributed by atoms with E-state index >= 15 is 0 Å². The Hall–Kier alpha value is -1.10. The average molecular weight is 238 g/mol. The first-order valence-corrected chi connectivity index (χ1v) is 6.21. The molecule has 94 valence electrons. The highest BCUT2D eigenvalue weighted by molar-refractivity contribution is 6.32. The first-order valence-electron chi connectivity index (χ1n) is 6.21. The van der Waals surface area contributed by atoms with E-state index in [1.807, 2.05) is 0 Å². The number of nitrogens with zero attached hydrogens (tertiary/aromatic N) is 2. The highest BCUT2D eigenvalue weighted by Gasteiger charge is 2.59. The highest BCUT2D eigenvalue weighted by Crippen LogP contribution is 2.61. The molecule has 2 unspecified atom stereocenters. The van der Waals surface area contributed by atoms with Crippen molar-refractivity contribution in [3.63, 3.8) is 0 Å². The number of aliphatic hydroxyl groups is 1. The third-order valence-electron chi connectivity index (χ3n) is 4.86. The summed E-state index contributed by atoms with van der Waals surface area (Å²) in [6.45, 7) is 0. The van der Waals surface area contributed by atoms with Gasteiger partial charge in [-0.25, -0.2) is 0 Å². The van der Waals surface area contributed by atoms with Crippen LogP contribution in [0.3, 0.4) is 0 Å². The summed E-state index contributed by atoms with van der Waals surface area (Å²) in [6, 6.07) is 0. The van der Waals surface area contributed by atoms with Gasteiger partial charge < -0.3 is 15.5 Å². The van der Waals surface area contributed by atoms with Crippen LogP contribution in [0.25, 0.3) is 0 Å². The second-order valence-corrected chi connectivity index (χ2v) is 6.20. The zero-order valence-corrected chi connectivity index (χ0v) is 9.71. The highest BCUT2D eigenvalue weighted by atomic mass is 16.4. The molecule has 4 fully saturated rings. The van der Waals surface area contributed by atoms with Crippen molar-refractivity contribution < 1.29 is 15.5 Å². The SMILES string of the molecule is ON=CC(=NO)C12CC3CC(CC(O)(C3)C1)C2. The molecule has 0 aliphatic heterocycles. The van der Waals surface area contributed by atoms with Gasteiger partial charge in [-0.15, -0.1) is 0 Å². The third kappa shape index (κ3) is 1.56. The van der Waals surface area contributed by atoms with E-state index in [-0.39, 0.29) is 5.41 Å². The van der Waals surface area contributed by atoms with Crippen molar-refractivity contribution in [2.24, 2.45) is 27.6 Å². The van der Waals surface area contributed by atoms with Crippen molar-refractivity contribution >= 4 is 11.9 Å². The standard InChI is InChI=1S/C12H18N2O3/c15-12-4-8-1-9(5-12)3-11(2-8,7-12)10(14-17)6-13-16/h6,8-9,15-17H,1-5,7H2. The van der Waals surface area contributed by atoms with Crippen LogP contribution in [0.1, 0.15) is 38.5 Å². The van der Waals surface area contributed by atoms with Crippen LogP contribution in [0.2, 0.25) is 0 Å². The Morgan fingerprint density at radius 2 is 1.76 bits per heavy atom. The molecule has 4 aliphatic rings. The second-order valence-electron chi connectivity index (χ2n) is 6.20. The Bertz CT molecular complexity index is 377. The van der Waals surface area contributed by atoms with E-state index in [0.29, 0.717) is 24.0 Å². The molecule has 2 atom stereocenters. The lowest BCUT2D eigenvalue weighted by molar-refractivity contribution is -0.141. The summed E-state index contributed by atoms with van der Waals surface area (Å²) in [5.41, 5.74) is -0.448. The van der Waals surface area contributed by atoms with Gasteiger partial charge in [-0.1, -0.05) is 10.3 Å². The molecule has 0 radical (unpaired) electrons. The monoisotopic (exact) mass is 238 g/mol. The number of rotatable bonds is 2. The van der Waals surface area contributed by atoms with E-state index in [1.54, 1.807) is 0 Å². The summed E-state index contributed by atoms with van der Waals surface area (Å²) in [7, 11) is 0. The molecule has 4 bridgehead atoms. The van der Waals surface area contributed by atoms with Crippen molar-refractivity contribution in [2.45, 2.75) is 44.1 Å². The van der Waals surface area contributed by atoms with Crippen molar-refractivity contribution in [3.8, 4) is 0 Å². The van der Waals surface area contributed by atoms with Crippen molar-refractivity contribution in [2.75, 3.05) is 0 Å². The molecule has 3 N–H and O–H groups in total. The molecule has 0 aromatic rings. The number of hydrogen-bond donors (Lipinski definition) is 3. The van der Waals surface area contributed by atoms with Crippen LogP contribution in [0.4, 0.5) is 0 Å². The second kappa shape index (κ2) is 3.45. The molecule has 0 saturated heterocycles. The van der Waals surface area contributed by atoms with Gasteiger partial charge in [0.05, 0.1) is 11.8 Å². The molecular formula is C12H18N2O3. The Kier molecular flexibility index (Phi) is 2.23. The molecule has 5 heteroatoms. The summed E-state index contributed by atoms with van der Waals surface area (Å²) >= 11 is 0. The molecule has 5 nitrogen and oxygen atoms in total. The Labute approximate surface area is 99.8 Å². The fourth-order valence-corrected chi connectivity index (χ4v) is 4.84. The van der Waals surface area contributed by atoms with Crippen LogP contribution in [-0.4, -0.2) is 33.0 Å². The molecule has 0 heterocycles. The molecule has 4 saturated carbocycles. The maximum atomic E-state index is 10.5. The van der Waals surface area contributed by atoms with Gasteiger partial charge in [-0.2, -0.15) is 0 Å². The van der Waals surface area contributed by atoms with E-state index in [2.05, 4.69) is 10.3 Å². The van der Waals surface area contributed by atoms with E-state index in [0.717, 1.165) is 25.7 Å². The van der Waals surface area contributed by atoms with Crippen LogP contribution in [-0.2, 0) is 0 Å². The number of oxime groups is 2. The molecule has 0 amide bonds. The van der Waals surface area contributed by atoms with Gasteiger partial charge in [0.25, 0.3) is 0 Å². The maximum absolute atomic E-state index is 10.5. The third-order valence-corrected chi connectivity index (χ3v) is 4.86. The van der Waals surface area contributed by atoms with Crippen LogP contribution < -0.4 is 0 Å². The average Bonchev–Trinajstić information content (AvgIpc) is 2.22. The fraction of sp³-hybridized carbons (Fsp3) is 0.833. The predicted molar refractivity (Wildman–Crippen MR) is 61.6 cm³/mol. The summed E-state index contributed by atoms with van der Waals surface area (Å²) in [6.07, 6.45) is 6.67. The Balaban J connectivity index is 1.98. The van der Waals surface area contributed by atoms with E-state index in [4.69, 9.17) is 10.4 Å². The molecule has 4 rings (SSSR count). The predicted octanol–water partition coefficient (Wildman–Crippen LogP) is 1.61. The van der Waals surface area contributed by atoms with Crippen LogP contribution in [0.5, 0.6) is 0 Å². The lowest BCUT2D eigenvalue weighted by Crippen LogP contribution is -2.58. The molecule has 0 spiro atoms. The summed E-state index contributed by atoms with van der Waals surface area (Å²) in [5, 5.41) is 34.6. The Morgan fingerprint density at radius 1 is 1.12 bits per heavy atom. The van der Waals surface area contributed by atoms with Gasteiger partial charge in [-0.3, -0.25) is 0 Å². The van der Waals surface area contributed by atoms with E-state index in [9.17, 15) is 5.11 Å². The van der Waals surface area contributed by atoms with Crippen LogP contribution in [0, 0.1) is 17.3 Å². The molecule has 0 aromatic carbocycles. The molecule has 0 aromatic heterocycles. The number of hydrogen-bond acceptors (Lipinski definition) is 5. The first kappa shape index (κ1) is 11.0. The molecule has 4 aliphatic carbocycles. The minimum absolute atomic E-state index is 0.278. The lowest BCUT2D eigenvalue weighted by Gasteiger charge is -2.59. The minimum Gasteiger partial charge on any atom is -0.411 e. The van der Waals surface area contributed by atoms with Crippen LogP contribution >= 0.6 is 0 Å². The smallest absolute Gasteiger partial charge is 0.107 e. The van der Waals surface area contributed by atoms with Crippen molar-refractivity contribution in [1.29, 1.82) is 0 Å². The normalized spacial score (nSPS) is 49.1. The minimum atomic E-state index is -0.594. The Morgan fingerprint density at radius 3 is 2.24 bits per heavy atom. The summed E-state index contributed by atoms with van der Waals surface area (Å²) < 4.78 is 0. The van der Waals surface area contributed by atoms with E-state index in [1.165, 1.54) is 12.6 Å². The molecular weight excluding hydrogens is 220 g/mol. The van der Waals surface area contributed by atoms with Gasteiger partial charge in [-0.05, 0) is 50.4 Å². The van der Waals surface area contributed by atoms with Gasteiger partial charge in [0.1, 0.15) is 5.71 Å². The first-order chi connectivity index (χ1) is 8.09. The van der Waals surface area contributed by atoms with Gasteiger partial charge in [0.2, 0.25) is 0 Å². The van der Waals surface area contributed by atoms with Crippen molar-refractivity contribution in [3.05, 3.63) is 0 Å². The van der Waals surface area contributed by atoms with Gasteiger partial charge in [0.15, 0.2) is 0 Å². The molecule has 17 heavy (non-hydrogen) atoms. The largest absolute Gasteiger partial charge is 0.411 e. The van der Waals surface area contributed by atoms with Gasteiger partial charge in [0, 0.05) is 5.41 Å².